The Morgan fingerprint density at radius 2 is 1.59 bits per heavy atom. The summed E-state index contributed by atoms with van der Waals surface area (Å²) in [7, 11) is 4.73. The lowest BCUT2D eigenvalue weighted by atomic mass is 10.0. The molecule has 0 aliphatic heterocycles. The van der Waals surface area contributed by atoms with E-state index in [0.717, 1.165) is 12.0 Å². The Bertz CT molecular complexity index is 369. The number of hydrogen-bond donors (Lipinski definition) is 0. The fourth-order valence-corrected chi connectivity index (χ4v) is 1.62. The monoisotopic (exact) mass is 254 g/mol. The summed E-state index contributed by atoms with van der Waals surface area (Å²) in [6.07, 6.45) is 0.934. The third kappa shape index (κ3) is 3.52. The van der Waals surface area contributed by atoms with Gasteiger partial charge in [0.2, 0.25) is 5.76 Å². The van der Waals surface area contributed by atoms with Crippen LogP contribution >= 0.6 is 0 Å². The molecular weight excluding hydrogens is 232 g/mol. The predicted octanol–water partition coefficient (Wildman–Crippen LogP) is 1.36. The van der Waals surface area contributed by atoms with Crippen molar-refractivity contribution in [3.63, 3.8) is 0 Å². The van der Waals surface area contributed by atoms with Gasteiger partial charge in [0, 0.05) is 5.56 Å². The lowest BCUT2D eigenvalue weighted by Crippen LogP contribution is -2.01. The van der Waals surface area contributed by atoms with Crippen molar-refractivity contribution in [3.05, 3.63) is 41.3 Å². The van der Waals surface area contributed by atoms with Crippen LogP contribution in [0.5, 0.6) is 0 Å². The van der Waals surface area contributed by atoms with Crippen LogP contribution in [0.3, 0.4) is 0 Å². The molecule has 17 heavy (non-hydrogen) atoms. The fourth-order valence-electron chi connectivity index (χ4n) is 1.62. The Morgan fingerprint density at radius 3 is 2.06 bits per heavy atom. The number of ether oxygens (including phenoxy) is 3. The van der Waals surface area contributed by atoms with Crippen molar-refractivity contribution in [2.45, 2.75) is 13.3 Å². The quantitative estimate of drug-likeness (QED) is 0.586. The molecule has 0 aromatic heterocycles. The van der Waals surface area contributed by atoms with Crippen LogP contribution in [0.2, 0.25) is 0 Å². The van der Waals surface area contributed by atoms with Crippen LogP contribution in [0.4, 0.5) is 0 Å². The number of methoxy groups -OCH3 is 3. The van der Waals surface area contributed by atoms with Crippen molar-refractivity contribution in [2.75, 3.05) is 21.3 Å². The Balaban J connectivity index is 0.00000256. The highest BCUT2D eigenvalue weighted by atomic mass is 28.1. The van der Waals surface area contributed by atoms with E-state index >= 15 is 0 Å². The molecule has 0 saturated heterocycles. The third-order valence-electron chi connectivity index (χ3n) is 2.40. The molecule has 0 aliphatic carbocycles. The summed E-state index contributed by atoms with van der Waals surface area (Å²) in [6.45, 7) is 2.10. The summed E-state index contributed by atoms with van der Waals surface area (Å²) in [5.74, 6) is 1.02. The highest BCUT2D eigenvalue weighted by Gasteiger charge is 2.14. The normalized spacial score (nSPS) is 8.94. The first-order valence-electron chi connectivity index (χ1n) is 5.23. The first-order chi connectivity index (χ1) is 7.78. The molecule has 0 bridgehead atoms. The first-order valence-corrected chi connectivity index (χ1v) is 5.23. The Hall–Kier alpha value is -1.42. The van der Waals surface area contributed by atoms with Crippen LogP contribution in [-0.4, -0.2) is 32.3 Å². The van der Waals surface area contributed by atoms with Crippen molar-refractivity contribution in [1.82, 2.24) is 0 Å². The van der Waals surface area contributed by atoms with Gasteiger partial charge >= 0.3 is 5.95 Å². The summed E-state index contributed by atoms with van der Waals surface area (Å²) in [5.41, 5.74) is 2.21. The first kappa shape index (κ1) is 15.6. The van der Waals surface area contributed by atoms with Gasteiger partial charge < -0.3 is 14.2 Å². The molecule has 0 aliphatic rings. The predicted molar refractivity (Wildman–Crippen MR) is 75.1 cm³/mol. The number of hydrogen-bond acceptors (Lipinski definition) is 3. The van der Waals surface area contributed by atoms with Crippen molar-refractivity contribution in [3.8, 4) is 0 Å². The van der Waals surface area contributed by atoms with E-state index in [2.05, 4.69) is 13.0 Å². The van der Waals surface area contributed by atoms with E-state index in [-0.39, 0.29) is 11.0 Å². The van der Waals surface area contributed by atoms with Gasteiger partial charge in [0.1, 0.15) is 0 Å². The van der Waals surface area contributed by atoms with E-state index in [4.69, 9.17) is 14.2 Å². The highest BCUT2D eigenvalue weighted by Crippen LogP contribution is 2.24. The van der Waals surface area contributed by atoms with E-state index < -0.39 is 0 Å². The van der Waals surface area contributed by atoms with Crippen molar-refractivity contribution < 1.29 is 14.2 Å². The zero-order valence-corrected chi connectivity index (χ0v) is 10.2. The molecular formula is C13H22O3Si. The lowest BCUT2D eigenvalue weighted by Gasteiger charge is -2.14. The molecule has 4 heteroatoms. The second-order valence-corrected chi connectivity index (χ2v) is 3.24. The van der Waals surface area contributed by atoms with E-state index in [9.17, 15) is 0 Å². The summed E-state index contributed by atoms with van der Waals surface area (Å²) in [5, 5.41) is 0. The SMILES string of the molecule is CCc1ccccc1C(OC)=C(OC)OC.[SiH4]. The second-order valence-electron chi connectivity index (χ2n) is 3.24. The largest absolute Gasteiger partial charge is 0.490 e. The van der Waals surface area contributed by atoms with Gasteiger partial charge in [0.25, 0.3) is 0 Å². The minimum atomic E-state index is 0. The van der Waals surface area contributed by atoms with Crippen LogP contribution in [-0.2, 0) is 20.6 Å². The molecule has 0 heterocycles. The lowest BCUT2D eigenvalue weighted by molar-refractivity contribution is 0.0871. The Morgan fingerprint density at radius 1 is 1.00 bits per heavy atom. The van der Waals surface area contributed by atoms with Crippen molar-refractivity contribution in [1.29, 1.82) is 0 Å². The molecule has 3 nitrogen and oxygen atoms in total. The average molecular weight is 254 g/mol. The summed E-state index contributed by atoms with van der Waals surface area (Å²) < 4.78 is 15.6. The van der Waals surface area contributed by atoms with E-state index in [1.165, 1.54) is 5.56 Å². The van der Waals surface area contributed by atoms with Gasteiger partial charge in [-0.3, -0.25) is 0 Å². The maximum absolute atomic E-state index is 5.35. The van der Waals surface area contributed by atoms with Crippen molar-refractivity contribution >= 4 is 16.7 Å². The molecule has 0 unspecified atom stereocenters. The van der Waals surface area contributed by atoms with Gasteiger partial charge in [-0.1, -0.05) is 31.2 Å². The molecule has 1 aromatic rings. The van der Waals surface area contributed by atoms with E-state index in [1.807, 2.05) is 18.2 Å². The summed E-state index contributed by atoms with van der Waals surface area (Å²) in [6, 6.07) is 8.04. The van der Waals surface area contributed by atoms with Crippen LogP contribution in [0, 0.1) is 0 Å². The van der Waals surface area contributed by atoms with Crippen molar-refractivity contribution in [2.24, 2.45) is 0 Å². The highest BCUT2D eigenvalue weighted by molar-refractivity contribution is 5.75. The molecule has 0 N–H and O–H groups in total. The van der Waals surface area contributed by atoms with Gasteiger partial charge in [-0.15, -0.1) is 0 Å². The molecule has 0 radical (unpaired) electrons. The van der Waals surface area contributed by atoms with Gasteiger partial charge in [-0.05, 0) is 22.9 Å². The van der Waals surface area contributed by atoms with Crippen LogP contribution in [0.1, 0.15) is 18.1 Å². The zero-order valence-electron chi connectivity index (χ0n) is 10.2. The van der Waals surface area contributed by atoms with Crippen LogP contribution < -0.4 is 0 Å². The van der Waals surface area contributed by atoms with Gasteiger partial charge in [-0.25, -0.2) is 0 Å². The fraction of sp³-hybridized carbons (Fsp3) is 0.385. The number of aryl methyl sites for hydroxylation is 1. The molecule has 1 aromatic carbocycles. The minimum absolute atomic E-state index is 0. The molecule has 0 spiro atoms. The Kier molecular flexibility index (Phi) is 7.13. The maximum atomic E-state index is 5.35. The second kappa shape index (κ2) is 7.79. The van der Waals surface area contributed by atoms with Crippen LogP contribution in [0.25, 0.3) is 5.76 Å². The Labute approximate surface area is 107 Å². The van der Waals surface area contributed by atoms with E-state index in [0.29, 0.717) is 11.7 Å². The molecule has 0 saturated carbocycles. The summed E-state index contributed by atoms with van der Waals surface area (Å²) >= 11 is 0. The zero-order chi connectivity index (χ0) is 12.0. The topological polar surface area (TPSA) is 27.7 Å². The maximum Gasteiger partial charge on any atom is 0.323 e. The van der Waals surface area contributed by atoms with Gasteiger partial charge in [0.15, 0.2) is 0 Å². The smallest absolute Gasteiger partial charge is 0.323 e. The molecule has 0 atom stereocenters. The number of rotatable bonds is 5. The standard InChI is InChI=1S/C13H18O3.H4Si/c1-5-10-8-6-7-9-11(10)12(14-2)13(15-3)16-4;/h6-9H,5H2,1-4H3;1H4. The van der Waals surface area contributed by atoms with Crippen LogP contribution in [0.15, 0.2) is 30.2 Å². The summed E-state index contributed by atoms with van der Waals surface area (Å²) in [4.78, 5) is 0. The molecule has 1 rings (SSSR count). The molecule has 0 amide bonds. The third-order valence-corrected chi connectivity index (χ3v) is 2.40. The molecule has 0 fully saturated rings. The molecule has 96 valence electrons. The van der Waals surface area contributed by atoms with Gasteiger partial charge in [0.05, 0.1) is 21.3 Å². The average Bonchev–Trinajstić information content (AvgIpc) is 2.35. The number of benzene rings is 1. The van der Waals surface area contributed by atoms with E-state index in [1.54, 1.807) is 21.3 Å². The van der Waals surface area contributed by atoms with Gasteiger partial charge in [-0.2, -0.15) is 0 Å². The minimum Gasteiger partial charge on any atom is -0.490 e.